The summed E-state index contributed by atoms with van der Waals surface area (Å²) in [6.45, 7) is 1.08. The van der Waals surface area contributed by atoms with Crippen molar-refractivity contribution in [3.8, 4) is 12.1 Å². The van der Waals surface area contributed by atoms with Gasteiger partial charge >= 0.3 is 0 Å². The first-order valence-corrected chi connectivity index (χ1v) is 1.62. The third-order valence-electron chi connectivity index (χ3n) is 0.0500. The van der Waals surface area contributed by atoms with Crippen LogP contribution in [0.1, 0.15) is 6.92 Å². The Morgan fingerprint density at radius 2 is 1.62 bits per heavy atom. The summed E-state index contributed by atoms with van der Waals surface area (Å²) in [5.41, 5.74) is 0. The monoisotopic (exact) mass is 112 g/mol. The first-order chi connectivity index (χ1) is 3.65. The maximum atomic E-state index is 9.00. The molecule has 0 unspecified atom stereocenters. The molecule has 1 N–H and O–H groups in total. The van der Waals surface area contributed by atoms with E-state index in [1.807, 2.05) is 0 Å². The Labute approximate surface area is 46.6 Å². The summed E-state index contributed by atoms with van der Waals surface area (Å²) < 4.78 is 0. The number of rotatable bonds is 0. The Bertz CT molecular complexity index is 123. The van der Waals surface area contributed by atoms with Crippen LogP contribution in [0.2, 0.25) is 0 Å². The largest absolute Gasteiger partial charge is 0.481 e. The second-order valence-electron chi connectivity index (χ2n) is 0.743. The Hall–Kier alpha value is -1.55. The summed E-state index contributed by atoms with van der Waals surface area (Å²) in [6.07, 6.45) is 0. The van der Waals surface area contributed by atoms with Gasteiger partial charge in [0, 0.05) is 6.92 Å². The topological polar surface area (TPSA) is 84.9 Å². The molecular weight excluding hydrogens is 108 g/mol. The lowest BCUT2D eigenvalue weighted by Gasteiger charge is -1.59. The molecule has 0 aliphatic heterocycles. The van der Waals surface area contributed by atoms with Crippen molar-refractivity contribution in [2.45, 2.75) is 6.92 Å². The van der Waals surface area contributed by atoms with E-state index in [0.717, 1.165) is 6.92 Å². The zero-order chi connectivity index (χ0) is 6.99. The SMILES string of the molecule is CC(=O)O.N#CC#N. The van der Waals surface area contributed by atoms with Crippen LogP contribution in [0, 0.1) is 22.7 Å². The lowest BCUT2D eigenvalue weighted by Crippen LogP contribution is -1.78. The molecule has 0 amide bonds. The lowest BCUT2D eigenvalue weighted by atomic mass is 10.9. The minimum absolute atomic E-state index is 0.833. The van der Waals surface area contributed by atoms with E-state index >= 15 is 0 Å². The Morgan fingerprint density at radius 3 is 1.62 bits per heavy atom. The number of nitrogens with zero attached hydrogens (tertiary/aromatic N) is 2. The van der Waals surface area contributed by atoms with Crippen molar-refractivity contribution >= 4 is 5.97 Å². The summed E-state index contributed by atoms with van der Waals surface area (Å²) in [6, 6.07) is 2.47. The predicted molar refractivity (Wildman–Crippen MR) is 24.5 cm³/mol. The smallest absolute Gasteiger partial charge is 0.300 e. The van der Waals surface area contributed by atoms with Crippen molar-refractivity contribution in [1.82, 2.24) is 0 Å². The fourth-order valence-corrected chi connectivity index (χ4v) is 0. The second-order valence-corrected chi connectivity index (χ2v) is 0.743. The van der Waals surface area contributed by atoms with Gasteiger partial charge in [0.25, 0.3) is 5.97 Å². The van der Waals surface area contributed by atoms with Crippen LogP contribution in [0.25, 0.3) is 0 Å². The van der Waals surface area contributed by atoms with Gasteiger partial charge in [0.2, 0.25) is 0 Å². The van der Waals surface area contributed by atoms with Crippen molar-refractivity contribution in [2.24, 2.45) is 0 Å². The number of carbonyl (C=O) groups is 1. The van der Waals surface area contributed by atoms with Crippen molar-refractivity contribution in [3.63, 3.8) is 0 Å². The number of hydrogen-bond donors (Lipinski definition) is 1. The molecule has 0 rings (SSSR count). The summed E-state index contributed by atoms with van der Waals surface area (Å²) >= 11 is 0. The molecule has 0 bridgehead atoms. The van der Waals surface area contributed by atoms with Crippen molar-refractivity contribution in [3.05, 3.63) is 0 Å². The molecule has 0 aromatic rings. The molecule has 4 nitrogen and oxygen atoms in total. The van der Waals surface area contributed by atoms with Crippen LogP contribution in [0.5, 0.6) is 0 Å². The quantitative estimate of drug-likeness (QED) is 0.482. The van der Waals surface area contributed by atoms with E-state index in [2.05, 4.69) is 0 Å². The van der Waals surface area contributed by atoms with Gasteiger partial charge in [-0.25, -0.2) is 0 Å². The molecular formula is C4H4N2O2. The van der Waals surface area contributed by atoms with E-state index in [-0.39, 0.29) is 0 Å². The number of carboxylic acid groups (broad SMARTS) is 1. The van der Waals surface area contributed by atoms with Gasteiger partial charge in [0.15, 0.2) is 12.1 Å². The molecule has 0 spiro atoms. The minimum Gasteiger partial charge on any atom is -0.481 e. The van der Waals surface area contributed by atoms with Crippen LogP contribution in [-0.4, -0.2) is 11.1 Å². The van der Waals surface area contributed by atoms with Gasteiger partial charge in [0.1, 0.15) is 0 Å². The summed E-state index contributed by atoms with van der Waals surface area (Å²) in [5, 5.41) is 21.9. The molecule has 0 aliphatic carbocycles. The van der Waals surface area contributed by atoms with Crippen LogP contribution < -0.4 is 0 Å². The lowest BCUT2D eigenvalue weighted by molar-refractivity contribution is -0.134. The van der Waals surface area contributed by atoms with E-state index in [1.165, 1.54) is 12.1 Å². The van der Waals surface area contributed by atoms with E-state index in [9.17, 15) is 0 Å². The van der Waals surface area contributed by atoms with Crippen molar-refractivity contribution < 1.29 is 9.90 Å². The van der Waals surface area contributed by atoms with Crippen LogP contribution >= 0.6 is 0 Å². The first kappa shape index (κ1) is 9.67. The van der Waals surface area contributed by atoms with Crippen LogP contribution in [0.15, 0.2) is 0 Å². The maximum Gasteiger partial charge on any atom is 0.300 e. The van der Waals surface area contributed by atoms with Crippen molar-refractivity contribution in [1.29, 1.82) is 10.5 Å². The molecule has 42 valence electrons. The van der Waals surface area contributed by atoms with Crippen LogP contribution in [-0.2, 0) is 4.79 Å². The van der Waals surface area contributed by atoms with Crippen LogP contribution in [0.3, 0.4) is 0 Å². The van der Waals surface area contributed by atoms with E-state index in [1.54, 1.807) is 0 Å². The first-order valence-electron chi connectivity index (χ1n) is 1.62. The molecule has 0 aromatic heterocycles. The zero-order valence-corrected chi connectivity index (χ0v) is 4.25. The summed E-state index contributed by atoms with van der Waals surface area (Å²) in [5.74, 6) is -0.833. The highest BCUT2D eigenvalue weighted by molar-refractivity contribution is 5.62. The highest BCUT2D eigenvalue weighted by Gasteiger charge is 1.65. The van der Waals surface area contributed by atoms with Crippen LogP contribution in [0.4, 0.5) is 0 Å². The van der Waals surface area contributed by atoms with Gasteiger partial charge in [-0.15, -0.1) is 0 Å². The number of nitriles is 2. The molecule has 0 atom stereocenters. The molecule has 0 saturated carbocycles. The summed E-state index contributed by atoms with van der Waals surface area (Å²) in [4.78, 5) is 9.00. The number of aliphatic carboxylic acids is 1. The zero-order valence-electron chi connectivity index (χ0n) is 4.25. The van der Waals surface area contributed by atoms with E-state index in [0.29, 0.717) is 0 Å². The van der Waals surface area contributed by atoms with Gasteiger partial charge in [0.05, 0.1) is 0 Å². The Morgan fingerprint density at radius 1 is 1.50 bits per heavy atom. The molecule has 0 aromatic carbocycles. The van der Waals surface area contributed by atoms with Crippen molar-refractivity contribution in [2.75, 3.05) is 0 Å². The molecule has 4 heteroatoms. The fraction of sp³-hybridized carbons (Fsp3) is 0.250. The van der Waals surface area contributed by atoms with E-state index in [4.69, 9.17) is 20.4 Å². The minimum atomic E-state index is -0.833. The normalized spacial score (nSPS) is 4.38. The number of carboxylic acids is 1. The van der Waals surface area contributed by atoms with Gasteiger partial charge in [-0.1, -0.05) is 0 Å². The predicted octanol–water partition coefficient (Wildman–Crippen LogP) is 0.124. The van der Waals surface area contributed by atoms with Gasteiger partial charge in [-0.05, 0) is 0 Å². The number of hydrogen-bond acceptors (Lipinski definition) is 3. The standard InChI is InChI=1S/C2N2.C2H4O2/c3-1-2-4;1-2(3)4/h;1H3,(H,3,4). The average Bonchev–Trinajstić information content (AvgIpc) is 1.65. The molecule has 8 heavy (non-hydrogen) atoms. The Balaban J connectivity index is 0. The third kappa shape index (κ3) is 175. The molecule has 0 aliphatic rings. The second kappa shape index (κ2) is 9.07. The molecule has 0 radical (unpaired) electrons. The average molecular weight is 112 g/mol. The van der Waals surface area contributed by atoms with E-state index < -0.39 is 5.97 Å². The third-order valence-corrected chi connectivity index (χ3v) is 0.0500. The highest BCUT2D eigenvalue weighted by atomic mass is 16.4. The molecule has 0 saturated heterocycles. The fourth-order valence-electron chi connectivity index (χ4n) is 0. The molecule has 0 fully saturated rings. The Kier molecular flexibility index (Phi) is 11.0. The van der Waals surface area contributed by atoms with Gasteiger partial charge < -0.3 is 5.11 Å². The molecule has 0 heterocycles. The maximum absolute atomic E-state index is 9.00. The summed E-state index contributed by atoms with van der Waals surface area (Å²) in [7, 11) is 0. The van der Waals surface area contributed by atoms with Gasteiger partial charge in [-0.2, -0.15) is 10.5 Å². The van der Waals surface area contributed by atoms with Gasteiger partial charge in [-0.3, -0.25) is 4.79 Å². The highest BCUT2D eigenvalue weighted by Crippen LogP contribution is 1.42.